The minimum Gasteiger partial charge on any atom is -0.386 e. The van der Waals surface area contributed by atoms with Crippen molar-refractivity contribution >= 4 is 33.1 Å². The number of anilines is 2. The summed E-state index contributed by atoms with van der Waals surface area (Å²) >= 11 is 5.69. The maximum atomic E-state index is 12.2. The van der Waals surface area contributed by atoms with Gasteiger partial charge in [0, 0.05) is 19.4 Å². The Labute approximate surface area is 115 Å². The van der Waals surface area contributed by atoms with Crippen molar-refractivity contribution in [3.8, 4) is 0 Å². The minimum absolute atomic E-state index is 0.0887. The number of nitrogens with one attached hydrogen (secondary N) is 2. The molecule has 0 spiro atoms. The van der Waals surface area contributed by atoms with Crippen LogP contribution in [-0.2, 0) is 10.0 Å². The van der Waals surface area contributed by atoms with Crippen molar-refractivity contribution in [2.45, 2.75) is 5.03 Å². The summed E-state index contributed by atoms with van der Waals surface area (Å²) < 4.78 is 26.7. The van der Waals surface area contributed by atoms with Gasteiger partial charge in [0.1, 0.15) is 5.82 Å². The van der Waals surface area contributed by atoms with Crippen LogP contribution in [0, 0.1) is 0 Å². The van der Waals surface area contributed by atoms with E-state index in [4.69, 9.17) is 11.6 Å². The molecule has 0 aliphatic carbocycles. The SMILES string of the molecule is CNc1cccnc1S(=O)(=O)Nc1ccc(Cl)cn1. The second kappa shape index (κ2) is 5.41. The Morgan fingerprint density at radius 3 is 2.63 bits per heavy atom. The molecule has 19 heavy (non-hydrogen) atoms. The van der Waals surface area contributed by atoms with Crippen LogP contribution in [-0.4, -0.2) is 25.4 Å². The first-order valence-electron chi connectivity index (χ1n) is 5.30. The fourth-order valence-corrected chi connectivity index (χ4v) is 2.68. The van der Waals surface area contributed by atoms with Crippen LogP contribution >= 0.6 is 11.6 Å². The number of sulfonamides is 1. The first-order valence-corrected chi connectivity index (χ1v) is 7.16. The van der Waals surface area contributed by atoms with Crippen LogP contribution in [0.2, 0.25) is 5.02 Å². The molecule has 0 aliphatic rings. The van der Waals surface area contributed by atoms with E-state index in [1.54, 1.807) is 25.2 Å². The average Bonchev–Trinajstić information content (AvgIpc) is 2.41. The van der Waals surface area contributed by atoms with E-state index in [0.717, 1.165) is 0 Å². The van der Waals surface area contributed by atoms with E-state index in [-0.39, 0.29) is 10.8 Å². The van der Waals surface area contributed by atoms with Gasteiger partial charge in [0.25, 0.3) is 10.0 Å². The Hall–Kier alpha value is -1.86. The standard InChI is InChI=1S/C11H11ClN4O2S/c1-13-9-3-2-6-14-11(9)19(17,18)16-10-5-4-8(12)7-15-10/h2-7,13H,1H3,(H,15,16). The highest BCUT2D eigenvalue weighted by molar-refractivity contribution is 7.92. The predicted octanol–water partition coefficient (Wildman–Crippen LogP) is 1.97. The Morgan fingerprint density at radius 1 is 1.21 bits per heavy atom. The molecule has 0 bridgehead atoms. The molecule has 2 aromatic rings. The summed E-state index contributed by atoms with van der Waals surface area (Å²) in [5, 5.41) is 3.11. The zero-order chi connectivity index (χ0) is 13.9. The first kappa shape index (κ1) is 13.6. The Kier molecular flexibility index (Phi) is 3.87. The van der Waals surface area contributed by atoms with Crippen LogP contribution in [0.4, 0.5) is 11.5 Å². The lowest BCUT2D eigenvalue weighted by molar-refractivity contribution is 0.598. The molecule has 2 aromatic heterocycles. The number of hydrogen-bond acceptors (Lipinski definition) is 5. The molecule has 0 unspecified atom stereocenters. The number of aromatic nitrogens is 2. The highest BCUT2D eigenvalue weighted by Crippen LogP contribution is 2.20. The van der Waals surface area contributed by atoms with E-state index in [1.165, 1.54) is 18.5 Å². The summed E-state index contributed by atoms with van der Waals surface area (Å²) in [5.74, 6) is 0.178. The molecule has 0 atom stereocenters. The topological polar surface area (TPSA) is 84.0 Å². The minimum atomic E-state index is -3.80. The third-order valence-electron chi connectivity index (χ3n) is 2.26. The van der Waals surface area contributed by atoms with Gasteiger partial charge in [-0.15, -0.1) is 0 Å². The largest absolute Gasteiger partial charge is 0.386 e. The zero-order valence-electron chi connectivity index (χ0n) is 9.96. The monoisotopic (exact) mass is 298 g/mol. The summed E-state index contributed by atoms with van der Waals surface area (Å²) in [6, 6.07) is 6.29. The average molecular weight is 299 g/mol. The quantitative estimate of drug-likeness (QED) is 0.901. The van der Waals surface area contributed by atoms with Gasteiger partial charge in [-0.25, -0.2) is 9.97 Å². The van der Waals surface area contributed by atoms with Crippen molar-refractivity contribution < 1.29 is 8.42 Å². The molecule has 2 heterocycles. The summed E-state index contributed by atoms with van der Waals surface area (Å²) in [6.07, 6.45) is 2.77. The fourth-order valence-electron chi connectivity index (χ4n) is 1.42. The van der Waals surface area contributed by atoms with Crippen molar-refractivity contribution in [3.63, 3.8) is 0 Å². The first-order chi connectivity index (χ1) is 9.03. The maximum absolute atomic E-state index is 12.2. The lowest BCUT2D eigenvalue weighted by Crippen LogP contribution is -2.16. The van der Waals surface area contributed by atoms with Gasteiger partial charge < -0.3 is 5.32 Å². The number of nitrogens with zero attached hydrogens (tertiary/aromatic N) is 2. The van der Waals surface area contributed by atoms with Crippen LogP contribution in [0.3, 0.4) is 0 Å². The fraction of sp³-hybridized carbons (Fsp3) is 0.0909. The van der Waals surface area contributed by atoms with Gasteiger partial charge in [-0.1, -0.05) is 11.6 Å². The number of hydrogen-bond donors (Lipinski definition) is 2. The Balaban J connectivity index is 2.35. The lowest BCUT2D eigenvalue weighted by atomic mass is 10.4. The van der Waals surface area contributed by atoms with Crippen molar-refractivity contribution in [2.24, 2.45) is 0 Å². The third kappa shape index (κ3) is 3.12. The molecular formula is C11H11ClN4O2S. The van der Waals surface area contributed by atoms with Gasteiger partial charge in [-0.2, -0.15) is 8.42 Å². The van der Waals surface area contributed by atoms with Crippen molar-refractivity contribution in [1.82, 2.24) is 9.97 Å². The van der Waals surface area contributed by atoms with E-state index in [0.29, 0.717) is 10.7 Å². The molecule has 0 aromatic carbocycles. The molecule has 0 amide bonds. The van der Waals surface area contributed by atoms with Crippen molar-refractivity contribution in [1.29, 1.82) is 0 Å². The van der Waals surface area contributed by atoms with Crippen LogP contribution in [0.5, 0.6) is 0 Å². The second-order valence-corrected chi connectivity index (χ2v) is 5.61. The van der Waals surface area contributed by atoms with E-state index >= 15 is 0 Å². The van der Waals surface area contributed by atoms with E-state index < -0.39 is 10.0 Å². The van der Waals surface area contributed by atoms with Gasteiger partial charge in [0.05, 0.1) is 10.7 Å². The molecule has 8 heteroatoms. The van der Waals surface area contributed by atoms with Gasteiger partial charge in [0.2, 0.25) is 0 Å². The summed E-state index contributed by atoms with van der Waals surface area (Å²) in [6.45, 7) is 0. The Morgan fingerprint density at radius 2 is 2.00 bits per heavy atom. The van der Waals surface area contributed by atoms with Gasteiger partial charge in [-0.05, 0) is 24.3 Å². The summed E-state index contributed by atoms with van der Waals surface area (Å²) in [4.78, 5) is 7.74. The highest BCUT2D eigenvalue weighted by Gasteiger charge is 2.20. The predicted molar refractivity (Wildman–Crippen MR) is 73.8 cm³/mol. The molecule has 0 aliphatic heterocycles. The molecule has 0 saturated heterocycles. The van der Waals surface area contributed by atoms with Gasteiger partial charge in [0.15, 0.2) is 5.03 Å². The van der Waals surface area contributed by atoms with Crippen LogP contribution in [0.25, 0.3) is 0 Å². The number of rotatable bonds is 4. The molecule has 2 rings (SSSR count). The molecule has 2 N–H and O–H groups in total. The van der Waals surface area contributed by atoms with Gasteiger partial charge >= 0.3 is 0 Å². The van der Waals surface area contributed by atoms with Crippen molar-refractivity contribution in [2.75, 3.05) is 17.1 Å². The zero-order valence-corrected chi connectivity index (χ0v) is 11.5. The van der Waals surface area contributed by atoms with Crippen LogP contribution < -0.4 is 10.0 Å². The molecule has 0 radical (unpaired) electrons. The molecule has 6 nitrogen and oxygen atoms in total. The molecule has 0 fully saturated rings. The second-order valence-electron chi connectivity index (χ2n) is 3.57. The highest BCUT2D eigenvalue weighted by atomic mass is 35.5. The van der Waals surface area contributed by atoms with Crippen LogP contribution in [0.1, 0.15) is 0 Å². The smallest absolute Gasteiger partial charge is 0.282 e. The van der Waals surface area contributed by atoms with Crippen LogP contribution in [0.15, 0.2) is 41.7 Å². The van der Waals surface area contributed by atoms with E-state index in [1.807, 2.05) is 0 Å². The Bertz CT molecular complexity index is 673. The van der Waals surface area contributed by atoms with Gasteiger partial charge in [-0.3, -0.25) is 4.72 Å². The summed E-state index contributed by atoms with van der Waals surface area (Å²) in [5.41, 5.74) is 0.406. The molecular weight excluding hydrogens is 288 g/mol. The molecule has 100 valence electrons. The molecule has 0 saturated carbocycles. The normalized spacial score (nSPS) is 11.1. The van der Waals surface area contributed by atoms with E-state index in [2.05, 4.69) is 20.0 Å². The van der Waals surface area contributed by atoms with E-state index in [9.17, 15) is 8.42 Å². The summed E-state index contributed by atoms with van der Waals surface area (Å²) in [7, 11) is -2.18. The lowest BCUT2D eigenvalue weighted by Gasteiger charge is -2.10. The third-order valence-corrected chi connectivity index (χ3v) is 3.80. The number of pyridine rings is 2. The number of halogens is 1. The maximum Gasteiger partial charge on any atom is 0.282 e. The van der Waals surface area contributed by atoms with Crippen molar-refractivity contribution in [3.05, 3.63) is 41.7 Å².